The summed E-state index contributed by atoms with van der Waals surface area (Å²) in [4.78, 5) is 13.1. The van der Waals surface area contributed by atoms with E-state index in [4.69, 9.17) is 14.0 Å². The quantitative estimate of drug-likeness (QED) is 0.0218. The molecule has 1 aliphatic heterocycles. The molecule has 0 aliphatic carbocycles. The van der Waals surface area contributed by atoms with Gasteiger partial charge in [0.05, 0.1) is 25.4 Å². The molecule has 1 fully saturated rings. The third-order valence-electron chi connectivity index (χ3n) is 11.9. The Morgan fingerprint density at radius 3 is 1.43 bits per heavy atom. The number of aliphatic hydroxyl groups is 3. The predicted octanol–water partition coefficient (Wildman–Crippen LogP) is 4.17. The number of nitrogens with one attached hydrogen (secondary N) is 1. The average Bonchev–Trinajstić information content (AvgIpc) is 3.25. The number of unbranched alkanes of at least 4 members (excludes halogenated alkanes) is 28. The molecule has 1 rings (SSSR count). The first-order valence-corrected chi connectivity index (χ1v) is 28.1. The van der Waals surface area contributed by atoms with Crippen molar-refractivity contribution in [1.29, 1.82) is 0 Å². The van der Waals surface area contributed by atoms with E-state index in [0.29, 0.717) is 12.8 Å². The van der Waals surface area contributed by atoms with Gasteiger partial charge in [-0.05, 0) is 44.9 Å². The molecule has 19 heteroatoms. The number of hydrogen-bond acceptors (Lipinski definition) is 12. The fraction of sp³-hybridized carbons (Fsp3) is 0.896. The Kier molecular flexibility index (Phi) is 46.9. The van der Waals surface area contributed by atoms with Crippen LogP contribution in [-0.4, -0.2) is 103 Å². The first kappa shape index (κ1) is 69.6. The van der Waals surface area contributed by atoms with Crippen LogP contribution in [0.3, 0.4) is 0 Å². The van der Waals surface area contributed by atoms with Crippen molar-refractivity contribution in [3.63, 3.8) is 0 Å². The maximum atomic E-state index is 13.1. The normalized spacial score (nSPS) is 19.9. The summed E-state index contributed by atoms with van der Waals surface area (Å²) in [5.41, 5.74) is 0. The molecular weight excluding hydrogens is 925 g/mol. The molecule has 388 valence electrons. The number of carbonyl (C=O) groups excluding carboxylic acids is 1. The van der Waals surface area contributed by atoms with Gasteiger partial charge in [-0.1, -0.05) is 192 Å². The van der Waals surface area contributed by atoms with E-state index >= 15 is 0 Å². The van der Waals surface area contributed by atoms with E-state index in [1.54, 1.807) is 0 Å². The Balaban J connectivity index is -0.00000528. The van der Waals surface area contributed by atoms with Crippen molar-refractivity contribution < 1.29 is 126 Å². The van der Waals surface area contributed by atoms with Crippen LogP contribution in [0.15, 0.2) is 24.3 Å². The second kappa shape index (κ2) is 45.1. The molecule has 0 spiro atoms. The summed E-state index contributed by atoms with van der Waals surface area (Å²) >= 11 is 0. The van der Waals surface area contributed by atoms with Crippen LogP contribution in [0.1, 0.15) is 222 Å². The summed E-state index contributed by atoms with van der Waals surface area (Å²) in [5, 5.41) is 35.1. The Labute approximate surface area is 454 Å². The van der Waals surface area contributed by atoms with Crippen LogP contribution in [0.5, 0.6) is 0 Å². The molecule has 1 saturated heterocycles. The minimum Gasteiger partial charge on any atom is -1.00 e. The minimum atomic E-state index is -5.23. The van der Waals surface area contributed by atoms with Crippen LogP contribution in [0.25, 0.3) is 0 Å². The van der Waals surface area contributed by atoms with Gasteiger partial charge in [0.15, 0.2) is 12.4 Å². The molecule has 67 heavy (non-hydrogen) atoms. The molecule has 1 heterocycles. The van der Waals surface area contributed by atoms with Crippen LogP contribution in [0.2, 0.25) is 0 Å². The molecule has 0 aromatic heterocycles. The van der Waals surface area contributed by atoms with E-state index in [1.165, 1.54) is 147 Å². The molecule has 0 aromatic carbocycles. The van der Waals surface area contributed by atoms with Crippen molar-refractivity contribution in [2.45, 2.75) is 262 Å². The van der Waals surface area contributed by atoms with E-state index in [9.17, 15) is 41.5 Å². The maximum absolute atomic E-state index is 13.1. The number of rotatable bonds is 44. The summed E-state index contributed by atoms with van der Waals surface area (Å²) in [6, 6.07) is -1.09. The van der Waals surface area contributed by atoms with Crippen molar-refractivity contribution in [2.75, 3.05) is 13.2 Å². The van der Waals surface area contributed by atoms with Crippen molar-refractivity contribution in [3.05, 3.63) is 24.3 Å². The van der Waals surface area contributed by atoms with Gasteiger partial charge >= 0.3 is 79.9 Å². The average molecular weight is 1020 g/mol. The fourth-order valence-electron chi connectivity index (χ4n) is 7.99. The number of amides is 1. The Bertz CT molecular complexity index is 1450. The van der Waals surface area contributed by atoms with E-state index in [-0.39, 0.29) is 74.3 Å². The largest absolute Gasteiger partial charge is 1.00 e. The van der Waals surface area contributed by atoms with Crippen molar-refractivity contribution >= 4 is 26.7 Å². The molecule has 7 atom stereocenters. The predicted molar refractivity (Wildman–Crippen MR) is 258 cm³/mol. The summed E-state index contributed by atoms with van der Waals surface area (Å²) in [7, 11) is -10.2. The van der Waals surface area contributed by atoms with Crippen molar-refractivity contribution in [2.24, 2.45) is 0 Å². The molecule has 1 amide bonds. The number of aliphatic hydroxyl groups excluding tert-OH is 3. The van der Waals surface area contributed by atoms with Crippen molar-refractivity contribution in [3.8, 4) is 0 Å². The van der Waals surface area contributed by atoms with Gasteiger partial charge in [-0.2, -0.15) is 16.8 Å². The molecule has 0 unspecified atom stereocenters. The van der Waals surface area contributed by atoms with Crippen LogP contribution in [-0.2, 0) is 43.4 Å². The second-order valence-corrected chi connectivity index (χ2v) is 20.1. The van der Waals surface area contributed by atoms with Gasteiger partial charge in [0, 0.05) is 6.42 Å². The second-order valence-electron chi connectivity index (χ2n) is 17.9. The van der Waals surface area contributed by atoms with E-state index in [0.717, 1.165) is 44.9 Å². The van der Waals surface area contributed by atoms with Gasteiger partial charge in [-0.15, -0.1) is 0 Å². The Morgan fingerprint density at radius 1 is 0.612 bits per heavy atom. The minimum absolute atomic E-state index is 0. The third-order valence-corrected chi connectivity index (χ3v) is 12.8. The molecule has 15 nitrogen and oxygen atoms in total. The Morgan fingerprint density at radius 2 is 1.01 bits per heavy atom. The molecule has 0 radical (unpaired) electrons. The summed E-state index contributed by atoms with van der Waals surface area (Å²) < 4.78 is 84.0. The van der Waals surface area contributed by atoms with Gasteiger partial charge in [-0.3, -0.25) is 13.9 Å². The summed E-state index contributed by atoms with van der Waals surface area (Å²) in [6.45, 7) is 2.95. The first-order valence-electron chi connectivity index (χ1n) is 25.4. The zero-order valence-corrected chi connectivity index (χ0v) is 47.8. The fourth-order valence-corrected chi connectivity index (χ4v) is 8.78. The summed E-state index contributed by atoms with van der Waals surface area (Å²) in [6.07, 6.45) is 33.9. The van der Waals surface area contributed by atoms with Crippen molar-refractivity contribution in [1.82, 2.24) is 5.32 Å². The van der Waals surface area contributed by atoms with Gasteiger partial charge in [0.1, 0.15) is 18.3 Å². The summed E-state index contributed by atoms with van der Waals surface area (Å²) in [5.74, 6) is -0.352. The molecule has 0 aromatic rings. The molecule has 0 bridgehead atoms. The van der Waals surface area contributed by atoms with Crippen LogP contribution >= 0.6 is 0 Å². The standard InChI is InChI=1S/C48H91NO14S2.2Na.2H/c1-3-5-7-9-11-13-15-17-18-19-20-21-22-23-24-26-28-30-32-34-36-38-44(51)49-41(42(50)37-35-33-31-29-27-25-16-14-12-10-8-6-4-2)39-60-48-47(63-65(57,58)59)46(53)45(52)43(62-48)40-61-64(54,55)56;;;;/h17-18,35,37,41-43,45-48,50,52-53H,3-16,19-34,36,38-40H2,1-2H3,(H,49,51)(H,54,55,56)(H,57,58,59);;;;/q;2*+1;2*-1/b18-17-,37-35+;;;;/t41-,42+,43+,45-,46-,47+,48+;;;;/m0..../s1. The molecular formula is C48H93NNa2O14S2. The van der Waals surface area contributed by atoms with Gasteiger partial charge in [0.2, 0.25) is 5.91 Å². The smallest absolute Gasteiger partial charge is 1.00 e. The first-order chi connectivity index (χ1) is 31.2. The van der Waals surface area contributed by atoms with Crippen LogP contribution < -0.4 is 64.4 Å². The SMILES string of the molecule is CCCCCCCC/C=C\CCCCCCCCCCCCCC(=O)N[C@@H](CO[C@@H]1O[C@H](COS(=O)(=O)O)[C@H](O)[C@H](O)[C@H]1OS(=O)(=O)O)[C@H](O)/C=C/CCCCCCCCCCCCC.[H-].[H-].[Na+].[Na+]. The number of allylic oxidation sites excluding steroid dienone is 3. The van der Waals surface area contributed by atoms with Crippen LogP contribution in [0.4, 0.5) is 0 Å². The number of hydrogen-bond donors (Lipinski definition) is 6. The maximum Gasteiger partial charge on any atom is 1.00 e. The number of ether oxygens (including phenoxy) is 2. The monoisotopic (exact) mass is 1020 g/mol. The zero-order valence-electron chi connectivity index (χ0n) is 44.1. The van der Waals surface area contributed by atoms with Gasteiger partial charge in [-0.25, -0.2) is 8.37 Å². The zero-order chi connectivity index (χ0) is 48.0. The van der Waals surface area contributed by atoms with Gasteiger partial charge < -0.3 is 33.0 Å². The van der Waals surface area contributed by atoms with E-state index < -0.39 is 76.9 Å². The molecule has 6 N–H and O–H groups in total. The number of carbonyl (C=O) groups is 1. The van der Waals surface area contributed by atoms with E-state index in [2.05, 4.69) is 39.7 Å². The topological polar surface area (TPSA) is 235 Å². The molecule has 1 aliphatic rings. The van der Waals surface area contributed by atoms with E-state index in [1.807, 2.05) is 6.08 Å². The van der Waals surface area contributed by atoms with Crippen LogP contribution in [0, 0.1) is 0 Å². The molecule has 0 saturated carbocycles. The Hall–Kier alpha value is 0.490. The van der Waals surface area contributed by atoms with Gasteiger partial charge in [0.25, 0.3) is 0 Å². The third kappa shape index (κ3) is 40.6.